The van der Waals surface area contributed by atoms with Crippen LogP contribution in [0.25, 0.3) is 0 Å². The van der Waals surface area contributed by atoms with E-state index in [1.54, 1.807) is 19.2 Å². The minimum Gasteiger partial charge on any atom is -0.379 e. The number of benzene rings is 2. The molecule has 0 bridgehead atoms. The van der Waals surface area contributed by atoms with E-state index < -0.39 is 0 Å². The lowest BCUT2D eigenvalue weighted by molar-refractivity contribution is 0.0170. The number of morpholine rings is 1. The molecule has 7 nitrogen and oxygen atoms in total. The first-order valence-corrected chi connectivity index (χ1v) is 10.5. The third-order valence-electron chi connectivity index (χ3n) is 5.17. The number of nitrogens with one attached hydrogen (secondary N) is 3. The number of hydrogen-bond donors (Lipinski definition) is 3. The summed E-state index contributed by atoms with van der Waals surface area (Å²) in [5.41, 5.74) is 1.68. The normalized spacial score (nSPS) is 15.4. The fourth-order valence-corrected chi connectivity index (χ4v) is 3.49. The average molecular weight is 555 g/mol. The highest BCUT2D eigenvalue weighted by Crippen LogP contribution is 2.21. The number of guanidine groups is 1. The van der Waals surface area contributed by atoms with Crippen molar-refractivity contribution in [2.24, 2.45) is 4.99 Å². The minimum absolute atomic E-state index is 0. The highest BCUT2D eigenvalue weighted by Gasteiger charge is 2.23. The Bertz CT molecular complexity index is 845. The molecule has 32 heavy (non-hydrogen) atoms. The second kappa shape index (κ2) is 14.0. The Morgan fingerprint density at radius 2 is 1.69 bits per heavy atom. The lowest BCUT2D eigenvalue weighted by Gasteiger charge is -2.35. The number of halogens is 2. The van der Waals surface area contributed by atoms with Gasteiger partial charge in [0, 0.05) is 45.3 Å². The first-order valence-electron chi connectivity index (χ1n) is 10.5. The maximum Gasteiger partial charge on any atom is 0.251 e. The van der Waals surface area contributed by atoms with E-state index in [1.165, 1.54) is 12.1 Å². The number of nitrogens with zero attached hydrogens (tertiary/aromatic N) is 2. The second-order valence-corrected chi connectivity index (χ2v) is 7.22. The van der Waals surface area contributed by atoms with Gasteiger partial charge in [0.05, 0.1) is 19.3 Å². The zero-order valence-corrected chi connectivity index (χ0v) is 20.6. The van der Waals surface area contributed by atoms with Crippen LogP contribution in [0, 0.1) is 5.82 Å². The van der Waals surface area contributed by atoms with Crippen molar-refractivity contribution in [1.82, 2.24) is 20.9 Å². The maximum atomic E-state index is 13.4. The van der Waals surface area contributed by atoms with Crippen molar-refractivity contribution in [1.29, 1.82) is 0 Å². The molecule has 3 rings (SSSR count). The minimum atomic E-state index is -0.243. The maximum absolute atomic E-state index is 13.4. The molecule has 9 heteroatoms. The molecule has 1 aliphatic heterocycles. The summed E-state index contributed by atoms with van der Waals surface area (Å²) >= 11 is 0. The standard InChI is InChI=1S/C23H30FN5O2.HI/c1-25-23(27-12-11-26-22(30)19-5-3-2-4-6-19)28-17-21(29-13-15-31-16-14-29)18-7-9-20(24)10-8-18;/h2-10,21H,11-17H2,1H3,(H,26,30)(H2,25,27,28);1H. The number of rotatable bonds is 8. The molecular weight excluding hydrogens is 524 g/mol. The van der Waals surface area contributed by atoms with E-state index >= 15 is 0 Å². The van der Waals surface area contributed by atoms with Gasteiger partial charge in [-0.1, -0.05) is 30.3 Å². The predicted octanol–water partition coefficient (Wildman–Crippen LogP) is 2.41. The van der Waals surface area contributed by atoms with Gasteiger partial charge in [-0.05, 0) is 29.8 Å². The van der Waals surface area contributed by atoms with Crippen LogP contribution in [0.15, 0.2) is 59.6 Å². The molecule has 0 radical (unpaired) electrons. The Kier molecular flexibility index (Phi) is 11.4. The van der Waals surface area contributed by atoms with Crippen molar-refractivity contribution >= 4 is 35.8 Å². The molecule has 1 heterocycles. The SMILES string of the molecule is CN=C(NCCNC(=O)c1ccccc1)NCC(c1ccc(F)cc1)N1CCOCC1.I. The lowest BCUT2D eigenvalue weighted by Crippen LogP contribution is -2.47. The Balaban J connectivity index is 0.00000363. The van der Waals surface area contributed by atoms with E-state index in [9.17, 15) is 9.18 Å². The number of amides is 1. The van der Waals surface area contributed by atoms with Crippen LogP contribution in [0.4, 0.5) is 4.39 Å². The van der Waals surface area contributed by atoms with Crippen LogP contribution in [0.3, 0.4) is 0 Å². The molecule has 0 spiro atoms. The van der Waals surface area contributed by atoms with Gasteiger partial charge in [0.25, 0.3) is 5.91 Å². The summed E-state index contributed by atoms with van der Waals surface area (Å²) in [6.07, 6.45) is 0. The van der Waals surface area contributed by atoms with Crippen LogP contribution in [-0.4, -0.2) is 69.8 Å². The summed E-state index contributed by atoms with van der Waals surface area (Å²) in [7, 11) is 1.71. The molecule has 2 aromatic rings. The van der Waals surface area contributed by atoms with E-state index in [1.807, 2.05) is 30.3 Å². The van der Waals surface area contributed by atoms with Crippen LogP contribution in [-0.2, 0) is 4.74 Å². The van der Waals surface area contributed by atoms with Crippen LogP contribution >= 0.6 is 24.0 Å². The smallest absolute Gasteiger partial charge is 0.251 e. The highest BCUT2D eigenvalue weighted by molar-refractivity contribution is 14.0. The van der Waals surface area contributed by atoms with E-state index in [2.05, 4.69) is 25.8 Å². The molecule has 174 valence electrons. The number of aliphatic imine (C=N–C) groups is 1. The molecule has 3 N–H and O–H groups in total. The van der Waals surface area contributed by atoms with Gasteiger partial charge in [0.1, 0.15) is 5.82 Å². The van der Waals surface area contributed by atoms with Crippen LogP contribution in [0.5, 0.6) is 0 Å². The van der Waals surface area contributed by atoms with E-state index in [0.717, 1.165) is 18.7 Å². The fraction of sp³-hybridized carbons (Fsp3) is 0.391. The van der Waals surface area contributed by atoms with Crippen molar-refractivity contribution in [2.75, 3.05) is 53.0 Å². The summed E-state index contributed by atoms with van der Waals surface area (Å²) in [4.78, 5) is 18.7. The van der Waals surface area contributed by atoms with Gasteiger partial charge in [-0.15, -0.1) is 24.0 Å². The summed E-state index contributed by atoms with van der Waals surface area (Å²) in [6, 6.07) is 15.8. The monoisotopic (exact) mass is 555 g/mol. The van der Waals surface area contributed by atoms with Crippen LogP contribution < -0.4 is 16.0 Å². The fourth-order valence-electron chi connectivity index (χ4n) is 3.49. The quantitative estimate of drug-likeness (QED) is 0.202. The predicted molar refractivity (Wildman–Crippen MR) is 135 cm³/mol. The van der Waals surface area contributed by atoms with Crippen LogP contribution in [0.1, 0.15) is 22.0 Å². The second-order valence-electron chi connectivity index (χ2n) is 7.22. The van der Waals surface area contributed by atoms with Crippen molar-refractivity contribution in [3.05, 3.63) is 71.5 Å². The van der Waals surface area contributed by atoms with Gasteiger partial charge in [0.2, 0.25) is 0 Å². The zero-order chi connectivity index (χ0) is 21.9. The molecule has 1 fully saturated rings. The van der Waals surface area contributed by atoms with Gasteiger partial charge >= 0.3 is 0 Å². The molecule has 2 aromatic carbocycles. The van der Waals surface area contributed by atoms with Gasteiger partial charge in [0.15, 0.2) is 5.96 Å². The van der Waals surface area contributed by atoms with E-state index in [-0.39, 0.29) is 41.7 Å². The van der Waals surface area contributed by atoms with E-state index in [4.69, 9.17) is 4.74 Å². The summed E-state index contributed by atoms with van der Waals surface area (Å²) in [5, 5.41) is 9.45. The molecular formula is C23H31FIN5O2. The summed E-state index contributed by atoms with van der Waals surface area (Å²) in [5.74, 6) is 0.302. The molecule has 0 aliphatic carbocycles. The first kappa shape index (κ1) is 26.0. The van der Waals surface area contributed by atoms with Crippen molar-refractivity contribution < 1.29 is 13.9 Å². The number of carbonyl (C=O) groups is 1. The average Bonchev–Trinajstić information content (AvgIpc) is 2.82. The summed E-state index contributed by atoms with van der Waals surface area (Å²) < 4.78 is 18.9. The Labute approximate surface area is 205 Å². The Morgan fingerprint density at radius 3 is 2.34 bits per heavy atom. The van der Waals surface area contributed by atoms with Crippen LogP contribution in [0.2, 0.25) is 0 Å². The Hall–Kier alpha value is -2.24. The molecule has 1 atom stereocenters. The van der Waals surface area contributed by atoms with Crippen molar-refractivity contribution in [3.63, 3.8) is 0 Å². The van der Waals surface area contributed by atoms with Gasteiger partial charge in [-0.25, -0.2) is 4.39 Å². The summed E-state index contributed by atoms with van der Waals surface area (Å²) in [6.45, 7) is 4.64. The molecule has 1 unspecified atom stereocenters. The van der Waals surface area contributed by atoms with E-state index in [0.29, 0.717) is 44.4 Å². The number of carbonyl (C=O) groups excluding carboxylic acids is 1. The van der Waals surface area contributed by atoms with Crippen molar-refractivity contribution in [3.8, 4) is 0 Å². The van der Waals surface area contributed by atoms with Gasteiger partial charge in [-0.3, -0.25) is 14.7 Å². The Morgan fingerprint density at radius 1 is 1.03 bits per heavy atom. The molecule has 0 saturated carbocycles. The first-order chi connectivity index (χ1) is 15.2. The topological polar surface area (TPSA) is 78.0 Å². The van der Waals surface area contributed by atoms with Crippen molar-refractivity contribution in [2.45, 2.75) is 6.04 Å². The zero-order valence-electron chi connectivity index (χ0n) is 18.2. The molecule has 1 saturated heterocycles. The molecule has 1 aliphatic rings. The molecule has 0 aromatic heterocycles. The van der Waals surface area contributed by atoms with Gasteiger partial charge < -0.3 is 20.7 Å². The number of hydrogen-bond acceptors (Lipinski definition) is 4. The molecule has 1 amide bonds. The number of ether oxygens (including phenoxy) is 1. The largest absolute Gasteiger partial charge is 0.379 e. The third-order valence-corrected chi connectivity index (χ3v) is 5.17. The van der Waals surface area contributed by atoms with Gasteiger partial charge in [-0.2, -0.15) is 0 Å². The third kappa shape index (κ3) is 8.03. The lowest BCUT2D eigenvalue weighted by atomic mass is 10.0. The highest BCUT2D eigenvalue weighted by atomic mass is 127.